The van der Waals surface area contributed by atoms with E-state index in [9.17, 15) is 4.79 Å². The molecule has 0 saturated heterocycles. The predicted octanol–water partition coefficient (Wildman–Crippen LogP) is 6.08. The van der Waals surface area contributed by atoms with E-state index in [2.05, 4.69) is 19.2 Å². The number of carbonyl (C=O) groups is 1. The van der Waals surface area contributed by atoms with Crippen molar-refractivity contribution in [2.75, 3.05) is 19.0 Å². The summed E-state index contributed by atoms with van der Waals surface area (Å²) in [5.41, 5.74) is 1.32. The quantitative estimate of drug-likeness (QED) is 0.539. The maximum atomic E-state index is 12.1. The second-order valence-electron chi connectivity index (χ2n) is 6.39. The van der Waals surface area contributed by atoms with Crippen LogP contribution < -0.4 is 14.8 Å². The van der Waals surface area contributed by atoms with Crippen LogP contribution >= 0.6 is 23.2 Å². The van der Waals surface area contributed by atoms with Crippen molar-refractivity contribution in [2.24, 2.45) is 5.92 Å². The van der Waals surface area contributed by atoms with Crippen LogP contribution in [-0.2, 0) is 4.79 Å². The normalized spacial score (nSPS) is 11.0. The summed E-state index contributed by atoms with van der Waals surface area (Å²) in [6.07, 6.45) is 4.09. The highest BCUT2D eigenvalue weighted by atomic mass is 35.5. The maximum absolute atomic E-state index is 12.1. The van der Waals surface area contributed by atoms with Crippen LogP contribution in [0.2, 0.25) is 10.0 Å². The zero-order valence-corrected chi connectivity index (χ0v) is 17.1. The molecule has 0 unspecified atom stereocenters. The number of rotatable bonds is 8. The van der Waals surface area contributed by atoms with Crippen molar-refractivity contribution in [3.63, 3.8) is 0 Å². The molecule has 0 aliphatic heterocycles. The number of methoxy groups -OCH3 is 1. The van der Waals surface area contributed by atoms with E-state index in [0.29, 0.717) is 39.8 Å². The molecule has 0 heterocycles. The van der Waals surface area contributed by atoms with Crippen molar-refractivity contribution >= 4 is 40.9 Å². The summed E-state index contributed by atoms with van der Waals surface area (Å²) in [6, 6.07) is 10.4. The highest BCUT2D eigenvalue weighted by molar-refractivity contribution is 6.36. The topological polar surface area (TPSA) is 47.6 Å². The Morgan fingerprint density at radius 2 is 1.93 bits per heavy atom. The van der Waals surface area contributed by atoms with Crippen LogP contribution in [0.4, 0.5) is 5.69 Å². The highest BCUT2D eigenvalue weighted by Gasteiger charge is 2.07. The minimum absolute atomic E-state index is 0.296. The second kappa shape index (κ2) is 10.2. The Hall–Kier alpha value is -2.17. The fourth-order valence-corrected chi connectivity index (χ4v) is 2.70. The average molecular weight is 408 g/mol. The summed E-state index contributed by atoms with van der Waals surface area (Å²) >= 11 is 11.9. The SMILES string of the molecule is COc1cc(C=CC(=O)Nc2ccc(Cl)cc2Cl)ccc1OCCC(C)C. The molecule has 1 N–H and O–H groups in total. The number of nitrogens with one attached hydrogen (secondary N) is 1. The summed E-state index contributed by atoms with van der Waals surface area (Å²) in [5.74, 6) is 1.59. The lowest BCUT2D eigenvalue weighted by Crippen LogP contribution is -2.08. The summed E-state index contributed by atoms with van der Waals surface area (Å²) in [5, 5.41) is 3.61. The second-order valence-corrected chi connectivity index (χ2v) is 7.23. The maximum Gasteiger partial charge on any atom is 0.248 e. The third kappa shape index (κ3) is 6.81. The Labute approximate surface area is 170 Å². The molecule has 144 valence electrons. The number of hydrogen-bond acceptors (Lipinski definition) is 3. The van der Waals surface area contributed by atoms with Gasteiger partial charge in [-0.15, -0.1) is 0 Å². The number of hydrogen-bond donors (Lipinski definition) is 1. The van der Waals surface area contributed by atoms with Gasteiger partial charge in [0.25, 0.3) is 0 Å². The molecular weight excluding hydrogens is 385 g/mol. The Balaban J connectivity index is 2.01. The van der Waals surface area contributed by atoms with Gasteiger partial charge in [-0.25, -0.2) is 0 Å². The molecule has 0 bridgehead atoms. The first kappa shape index (κ1) is 21.1. The smallest absolute Gasteiger partial charge is 0.248 e. The molecule has 2 aromatic carbocycles. The molecule has 0 fully saturated rings. The molecule has 0 atom stereocenters. The van der Waals surface area contributed by atoms with Crippen molar-refractivity contribution in [1.29, 1.82) is 0 Å². The predicted molar refractivity (Wildman–Crippen MR) is 112 cm³/mol. The van der Waals surface area contributed by atoms with Crippen molar-refractivity contribution in [3.05, 3.63) is 58.1 Å². The molecule has 2 aromatic rings. The van der Waals surface area contributed by atoms with E-state index < -0.39 is 0 Å². The molecule has 6 heteroatoms. The lowest BCUT2D eigenvalue weighted by molar-refractivity contribution is -0.111. The van der Waals surface area contributed by atoms with Gasteiger partial charge in [0, 0.05) is 11.1 Å². The minimum Gasteiger partial charge on any atom is -0.493 e. The lowest BCUT2D eigenvalue weighted by Gasteiger charge is -2.12. The molecule has 27 heavy (non-hydrogen) atoms. The van der Waals surface area contributed by atoms with Gasteiger partial charge in [0.05, 0.1) is 24.4 Å². The first-order valence-electron chi connectivity index (χ1n) is 8.64. The van der Waals surface area contributed by atoms with Crippen LogP contribution in [0.5, 0.6) is 11.5 Å². The van der Waals surface area contributed by atoms with E-state index in [4.69, 9.17) is 32.7 Å². The molecule has 0 aromatic heterocycles. The zero-order chi connectivity index (χ0) is 19.8. The van der Waals surface area contributed by atoms with Crippen molar-refractivity contribution in [1.82, 2.24) is 0 Å². The van der Waals surface area contributed by atoms with Gasteiger partial charge >= 0.3 is 0 Å². The lowest BCUT2D eigenvalue weighted by atomic mass is 10.1. The molecule has 0 spiro atoms. The number of anilines is 1. The van der Waals surface area contributed by atoms with Gasteiger partial charge < -0.3 is 14.8 Å². The van der Waals surface area contributed by atoms with Crippen molar-refractivity contribution in [2.45, 2.75) is 20.3 Å². The molecule has 0 radical (unpaired) electrons. The van der Waals surface area contributed by atoms with E-state index in [-0.39, 0.29) is 5.91 Å². The standard InChI is InChI=1S/C21H23Cl2NO3/c1-14(2)10-11-27-19-8-4-15(12-20(19)26-3)5-9-21(25)24-18-7-6-16(22)13-17(18)23/h4-9,12-14H,10-11H2,1-3H3,(H,24,25). The Morgan fingerprint density at radius 1 is 1.15 bits per heavy atom. The summed E-state index contributed by atoms with van der Waals surface area (Å²) in [7, 11) is 1.59. The van der Waals surface area contributed by atoms with E-state index in [1.807, 2.05) is 18.2 Å². The van der Waals surface area contributed by atoms with E-state index in [1.165, 1.54) is 6.08 Å². The van der Waals surface area contributed by atoms with E-state index in [1.54, 1.807) is 31.4 Å². The first-order chi connectivity index (χ1) is 12.9. The van der Waals surface area contributed by atoms with Crippen LogP contribution in [-0.4, -0.2) is 19.6 Å². The van der Waals surface area contributed by atoms with Crippen LogP contribution in [0.15, 0.2) is 42.5 Å². The summed E-state index contributed by atoms with van der Waals surface area (Å²) in [6.45, 7) is 4.93. The van der Waals surface area contributed by atoms with Crippen LogP contribution in [0, 0.1) is 5.92 Å². The van der Waals surface area contributed by atoms with Crippen LogP contribution in [0.25, 0.3) is 6.08 Å². The first-order valence-corrected chi connectivity index (χ1v) is 9.39. The summed E-state index contributed by atoms with van der Waals surface area (Å²) < 4.78 is 11.2. The third-order valence-corrected chi connectivity index (χ3v) is 4.30. The molecular formula is C21H23Cl2NO3. The van der Waals surface area contributed by atoms with E-state index in [0.717, 1.165) is 12.0 Å². The Kier molecular flexibility index (Phi) is 8.01. The monoisotopic (exact) mass is 407 g/mol. The fourth-order valence-electron chi connectivity index (χ4n) is 2.25. The number of ether oxygens (including phenoxy) is 2. The van der Waals surface area contributed by atoms with Crippen molar-refractivity contribution in [3.8, 4) is 11.5 Å². The van der Waals surface area contributed by atoms with Gasteiger partial charge in [0.15, 0.2) is 11.5 Å². The van der Waals surface area contributed by atoms with Crippen LogP contribution in [0.3, 0.4) is 0 Å². The van der Waals surface area contributed by atoms with Gasteiger partial charge in [-0.2, -0.15) is 0 Å². The molecule has 0 saturated carbocycles. The van der Waals surface area contributed by atoms with Crippen LogP contribution in [0.1, 0.15) is 25.8 Å². The van der Waals surface area contributed by atoms with Gasteiger partial charge in [0.2, 0.25) is 5.91 Å². The molecule has 2 rings (SSSR count). The van der Waals surface area contributed by atoms with E-state index >= 15 is 0 Å². The van der Waals surface area contributed by atoms with Gasteiger partial charge in [0.1, 0.15) is 0 Å². The van der Waals surface area contributed by atoms with Crippen molar-refractivity contribution < 1.29 is 14.3 Å². The zero-order valence-electron chi connectivity index (χ0n) is 15.6. The number of halogens is 2. The summed E-state index contributed by atoms with van der Waals surface area (Å²) in [4.78, 5) is 12.1. The molecule has 0 aliphatic rings. The third-order valence-electron chi connectivity index (χ3n) is 3.76. The largest absolute Gasteiger partial charge is 0.493 e. The Morgan fingerprint density at radius 3 is 2.59 bits per heavy atom. The minimum atomic E-state index is -0.296. The molecule has 1 amide bonds. The van der Waals surface area contributed by atoms with Gasteiger partial charge in [-0.3, -0.25) is 4.79 Å². The highest BCUT2D eigenvalue weighted by Crippen LogP contribution is 2.29. The number of carbonyl (C=O) groups excluding carboxylic acids is 1. The van der Waals surface area contributed by atoms with Gasteiger partial charge in [-0.05, 0) is 54.3 Å². The Bertz CT molecular complexity index is 819. The average Bonchev–Trinajstić information content (AvgIpc) is 2.62. The molecule has 0 aliphatic carbocycles. The van der Waals surface area contributed by atoms with Gasteiger partial charge in [-0.1, -0.05) is 43.1 Å². The molecule has 4 nitrogen and oxygen atoms in total. The number of amides is 1. The number of benzene rings is 2. The fraction of sp³-hybridized carbons (Fsp3) is 0.286.